The molecule has 0 unspecified atom stereocenters. The Morgan fingerprint density at radius 2 is 1.80 bits per heavy atom. The molecule has 0 saturated heterocycles. The molecule has 1 aliphatic rings. The number of aromatic nitrogens is 4. The number of hydrogen-bond acceptors (Lipinski definition) is 8. The molecule has 2 aromatic carbocycles. The topological polar surface area (TPSA) is 118 Å². The molecule has 3 heterocycles. The Balaban J connectivity index is 1.12. The predicted molar refractivity (Wildman–Crippen MR) is 155 cm³/mol. The quantitative estimate of drug-likeness (QED) is 0.228. The normalized spacial score (nSPS) is 14.6. The molecule has 1 amide bonds. The first-order chi connectivity index (χ1) is 19.4. The molecule has 0 aliphatic heterocycles. The summed E-state index contributed by atoms with van der Waals surface area (Å²) in [4.78, 5) is 18.1. The van der Waals surface area contributed by atoms with Gasteiger partial charge in [0.15, 0.2) is 10.8 Å². The minimum atomic E-state index is -3.61. The molecule has 1 saturated carbocycles. The smallest absolute Gasteiger partial charge is 0.240 e. The number of anilines is 1. The van der Waals surface area contributed by atoms with Crippen LogP contribution in [0.1, 0.15) is 32.1 Å². The van der Waals surface area contributed by atoms with Gasteiger partial charge >= 0.3 is 0 Å². The largest absolute Gasteiger partial charge is 0.325 e. The molecule has 206 valence electrons. The summed E-state index contributed by atoms with van der Waals surface area (Å²) < 4.78 is 43.4. The summed E-state index contributed by atoms with van der Waals surface area (Å²) in [5.41, 5.74) is 2.84. The van der Waals surface area contributed by atoms with Crippen molar-refractivity contribution < 1.29 is 17.6 Å². The third-order valence-electron chi connectivity index (χ3n) is 6.81. The first kappa shape index (κ1) is 26.8. The Morgan fingerprint density at radius 1 is 1.05 bits per heavy atom. The second-order valence-electron chi connectivity index (χ2n) is 9.57. The third-order valence-corrected chi connectivity index (χ3v) is 10.2. The molecule has 40 heavy (non-hydrogen) atoms. The van der Waals surface area contributed by atoms with Crippen molar-refractivity contribution >= 4 is 60.6 Å². The number of halogens is 1. The lowest BCUT2D eigenvalue weighted by Gasteiger charge is -2.22. The zero-order valence-corrected chi connectivity index (χ0v) is 23.7. The Labute approximate surface area is 238 Å². The van der Waals surface area contributed by atoms with Crippen molar-refractivity contribution in [1.82, 2.24) is 24.3 Å². The van der Waals surface area contributed by atoms with Crippen molar-refractivity contribution in [3.8, 4) is 11.1 Å². The van der Waals surface area contributed by atoms with E-state index in [-0.39, 0.29) is 28.4 Å². The number of benzene rings is 2. The molecule has 0 bridgehead atoms. The van der Waals surface area contributed by atoms with E-state index < -0.39 is 10.0 Å². The van der Waals surface area contributed by atoms with E-state index in [1.54, 1.807) is 35.0 Å². The standard InChI is InChI=1S/C27H25FN6O3S3/c28-18-8-6-17(7-9-18)22-14-38-26-24(22)25-31-32-27(34(25)16-29-26)39-15-23(35)30-19-10-12-21(13-11-19)40(36,37)33-20-4-2-1-3-5-20/h6-14,16,20,33H,1-5,15H2,(H,30,35). The highest BCUT2D eigenvalue weighted by molar-refractivity contribution is 7.99. The molecular weight excluding hydrogens is 572 g/mol. The number of carbonyl (C=O) groups is 1. The van der Waals surface area contributed by atoms with Gasteiger partial charge in [-0.15, -0.1) is 21.5 Å². The van der Waals surface area contributed by atoms with E-state index in [2.05, 4.69) is 25.2 Å². The van der Waals surface area contributed by atoms with E-state index in [1.807, 2.05) is 5.38 Å². The second-order valence-corrected chi connectivity index (χ2v) is 13.1. The first-order valence-electron chi connectivity index (χ1n) is 12.8. The van der Waals surface area contributed by atoms with E-state index in [9.17, 15) is 17.6 Å². The summed E-state index contributed by atoms with van der Waals surface area (Å²) in [6.07, 6.45) is 6.56. The van der Waals surface area contributed by atoms with Crippen LogP contribution in [0.5, 0.6) is 0 Å². The van der Waals surface area contributed by atoms with Crippen LogP contribution >= 0.6 is 23.1 Å². The lowest BCUT2D eigenvalue weighted by molar-refractivity contribution is -0.113. The zero-order chi connectivity index (χ0) is 27.7. The third kappa shape index (κ3) is 5.59. The summed E-state index contributed by atoms with van der Waals surface area (Å²) in [5.74, 6) is -0.510. The maximum absolute atomic E-state index is 13.4. The first-order valence-corrected chi connectivity index (χ1v) is 16.1. The molecular formula is C27H25FN6O3S3. The van der Waals surface area contributed by atoms with Crippen LogP contribution in [0.2, 0.25) is 0 Å². The summed E-state index contributed by atoms with van der Waals surface area (Å²) in [6.45, 7) is 0. The van der Waals surface area contributed by atoms with Crippen LogP contribution in [0.3, 0.4) is 0 Å². The minimum Gasteiger partial charge on any atom is -0.325 e. The van der Waals surface area contributed by atoms with Crippen LogP contribution in [-0.4, -0.2) is 45.7 Å². The van der Waals surface area contributed by atoms with Gasteiger partial charge in [-0.05, 0) is 54.8 Å². The van der Waals surface area contributed by atoms with Crippen molar-refractivity contribution in [1.29, 1.82) is 0 Å². The van der Waals surface area contributed by atoms with E-state index in [4.69, 9.17) is 0 Å². The summed E-state index contributed by atoms with van der Waals surface area (Å²) in [7, 11) is -3.61. The summed E-state index contributed by atoms with van der Waals surface area (Å²) in [6, 6.07) is 12.4. The molecule has 3 aromatic heterocycles. The van der Waals surface area contributed by atoms with Gasteiger partial charge in [0.25, 0.3) is 0 Å². The number of carbonyl (C=O) groups excluding carboxylic acids is 1. The molecule has 0 radical (unpaired) electrons. The van der Waals surface area contributed by atoms with Crippen molar-refractivity contribution in [3.05, 3.63) is 66.1 Å². The number of nitrogens with one attached hydrogen (secondary N) is 2. The number of hydrogen-bond donors (Lipinski definition) is 2. The molecule has 1 fully saturated rings. The number of fused-ring (bicyclic) bond motifs is 3. The van der Waals surface area contributed by atoms with Crippen molar-refractivity contribution in [2.24, 2.45) is 0 Å². The Morgan fingerprint density at radius 3 is 2.55 bits per heavy atom. The molecule has 13 heteroatoms. The van der Waals surface area contributed by atoms with Crippen LogP contribution in [0, 0.1) is 5.82 Å². The fourth-order valence-corrected chi connectivity index (χ4v) is 7.73. The van der Waals surface area contributed by atoms with Gasteiger partial charge in [-0.25, -0.2) is 22.5 Å². The molecule has 0 atom stereocenters. The molecule has 5 aromatic rings. The van der Waals surface area contributed by atoms with Crippen molar-refractivity contribution in [2.75, 3.05) is 11.1 Å². The van der Waals surface area contributed by atoms with Crippen molar-refractivity contribution in [2.45, 2.75) is 48.2 Å². The number of sulfonamides is 1. The number of nitrogens with zero attached hydrogens (tertiary/aromatic N) is 4. The van der Waals surface area contributed by atoms with Gasteiger partial charge in [0, 0.05) is 22.7 Å². The highest BCUT2D eigenvalue weighted by atomic mass is 32.2. The molecule has 9 nitrogen and oxygen atoms in total. The zero-order valence-electron chi connectivity index (χ0n) is 21.2. The van der Waals surface area contributed by atoms with Gasteiger partial charge in [-0.3, -0.25) is 9.20 Å². The second kappa shape index (κ2) is 11.2. The summed E-state index contributed by atoms with van der Waals surface area (Å²) in [5, 5.41) is 14.7. The van der Waals surface area contributed by atoms with Gasteiger partial charge in [0.1, 0.15) is 17.0 Å². The maximum atomic E-state index is 13.4. The minimum absolute atomic E-state index is 0.0241. The van der Waals surface area contributed by atoms with Crippen LogP contribution < -0.4 is 10.0 Å². The molecule has 2 N–H and O–H groups in total. The number of thiophene rings is 1. The average Bonchev–Trinajstić information content (AvgIpc) is 3.57. The van der Waals surface area contributed by atoms with Crippen LogP contribution in [-0.2, 0) is 14.8 Å². The average molecular weight is 597 g/mol. The SMILES string of the molecule is O=C(CSc1nnc2c3c(-c4ccc(F)cc4)csc3ncn12)Nc1ccc(S(=O)(=O)NC2CCCCC2)cc1. The number of amides is 1. The Kier molecular flexibility index (Phi) is 7.53. The molecule has 0 spiro atoms. The van der Waals surface area contributed by atoms with Crippen LogP contribution in [0.15, 0.2) is 70.3 Å². The molecule has 6 rings (SSSR count). The lowest BCUT2D eigenvalue weighted by atomic mass is 9.96. The number of rotatable bonds is 8. The molecule has 1 aliphatic carbocycles. The van der Waals surface area contributed by atoms with E-state index >= 15 is 0 Å². The summed E-state index contributed by atoms with van der Waals surface area (Å²) >= 11 is 2.68. The highest BCUT2D eigenvalue weighted by Gasteiger charge is 2.22. The van der Waals surface area contributed by atoms with Gasteiger partial charge in [0.2, 0.25) is 15.9 Å². The van der Waals surface area contributed by atoms with E-state index in [0.29, 0.717) is 16.5 Å². The predicted octanol–water partition coefficient (Wildman–Crippen LogP) is 5.49. The van der Waals surface area contributed by atoms with Gasteiger partial charge in [0.05, 0.1) is 16.0 Å². The van der Waals surface area contributed by atoms with E-state index in [0.717, 1.165) is 53.4 Å². The maximum Gasteiger partial charge on any atom is 0.240 e. The van der Waals surface area contributed by atoms with Gasteiger partial charge in [-0.1, -0.05) is 43.2 Å². The van der Waals surface area contributed by atoms with Crippen molar-refractivity contribution in [3.63, 3.8) is 0 Å². The fourth-order valence-electron chi connectivity index (χ4n) is 4.81. The van der Waals surface area contributed by atoms with E-state index in [1.165, 1.54) is 47.4 Å². The Bertz CT molecular complexity index is 1780. The number of thioether (sulfide) groups is 1. The van der Waals surface area contributed by atoms with Gasteiger partial charge < -0.3 is 5.32 Å². The lowest BCUT2D eigenvalue weighted by Crippen LogP contribution is -2.36. The Hall–Kier alpha value is -3.39. The highest BCUT2D eigenvalue weighted by Crippen LogP contribution is 2.36. The van der Waals surface area contributed by atoms with Gasteiger partial charge in [-0.2, -0.15) is 0 Å². The van der Waals surface area contributed by atoms with Crippen LogP contribution in [0.25, 0.3) is 27.0 Å². The monoisotopic (exact) mass is 596 g/mol. The fraction of sp³-hybridized carbons (Fsp3) is 0.259. The van der Waals surface area contributed by atoms with Crippen LogP contribution in [0.4, 0.5) is 10.1 Å².